The van der Waals surface area contributed by atoms with Gasteiger partial charge in [0.2, 0.25) is 11.8 Å². The fraction of sp³-hybridized carbons (Fsp3) is 0.769. The molecule has 0 spiro atoms. The highest BCUT2D eigenvalue weighted by molar-refractivity contribution is 5.91. The summed E-state index contributed by atoms with van der Waals surface area (Å²) in [4.78, 5) is 12.4. The van der Waals surface area contributed by atoms with Gasteiger partial charge in [-0.25, -0.2) is 0 Å². The minimum absolute atomic E-state index is 0.0626. The number of anilines is 1. The van der Waals surface area contributed by atoms with Gasteiger partial charge in [0.1, 0.15) is 0 Å². The molecule has 3 unspecified atom stereocenters. The topological polar surface area (TPSA) is 94.0 Å². The van der Waals surface area contributed by atoms with Crippen molar-refractivity contribution in [2.45, 2.75) is 46.6 Å². The second kappa shape index (κ2) is 4.92. The van der Waals surface area contributed by atoms with Gasteiger partial charge in [-0.1, -0.05) is 25.9 Å². The Morgan fingerprint density at radius 3 is 2.68 bits per heavy atom. The number of nitrogens with one attached hydrogen (secondary N) is 1. The summed E-state index contributed by atoms with van der Waals surface area (Å²) >= 11 is 0. The van der Waals surface area contributed by atoms with Crippen molar-refractivity contribution in [2.24, 2.45) is 23.0 Å². The van der Waals surface area contributed by atoms with Crippen LogP contribution in [0.1, 0.15) is 39.5 Å². The Hall–Kier alpha value is -1.43. The van der Waals surface area contributed by atoms with Crippen molar-refractivity contribution in [3.05, 3.63) is 5.89 Å². The standard InChI is InChI=1S/C13H22N4O2/c1-7-10(14)6-5-9(13(7,3)4)11(18)15-12-17-16-8(2)19-12/h7,9-10H,5-6,14H2,1-4H3,(H,15,17,18). The maximum absolute atomic E-state index is 12.4. The quantitative estimate of drug-likeness (QED) is 0.850. The molecule has 0 aromatic carbocycles. The van der Waals surface area contributed by atoms with E-state index < -0.39 is 0 Å². The van der Waals surface area contributed by atoms with Gasteiger partial charge in [-0.3, -0.25) is 10.1 Å². The highest BCUT2D eigenvalue weighted by atomic mass is 16.4. The van der Waals surface area contributed by atoms with E-state index in [1.165, 1.54) is 0 Å². The molecular formula is C13H22N4O2. The van der Waals surface area contributed by atoms with E-state index in [2.05, 4.69) is 36.3 Å². The van der Waals surface area contributed by atoms with Crippen LogP contribution < -0.4 is 11.1 Å². The summed E-state index contributed by atoms with van der Waals surface area (Å²) in [5, 5.41) is 10.2. The minimum Gasteiger partial charge on any atom is -0.408 e. The lowest BCUT2D eigenvalue weighted by atomic mass is 9.61. The average Bonchev–Trinajstić information content (AvgIpc) is 2.71. The highest BCUT2D eigenvalue weighted by Gasteiger charge is 2.45. The number of carbonyl (C=O) groups excluding carboxylic acids is 1. The van der Waals surface area contributed by atoms with Crippen molar-refractivity contribution in [3.8, 4) is 0 Å². The molecule has 1 heterocycles. The number of amides is 1. The molecule has 1 saturated carbocycles. The van der Waals surface area contributed by atoms with Gasteiger partial charge in [-0.2, -0.15) is 0 Å². The van der Waals surface area contributed by atoms with Crippen LogP contribution in [-0.2, 0) is 4.79 Å². The summed E-state index contributed by atoms with van der Waals surface area (Å²) in [6.07, 6.45) is 1.66. The molecule has 0 saturated heterocycles. The molecule has 106 valence electrons. The fourth-order valence-corrected chi connectivity index (χ4v) is 2.86. The van der Waals surface area contributed by atoms with Gasteiger partial charge >= 0.3 is 6.01 Å². The van der Waals surface area contributed by atoms with Crippen LogP contribution in [0.25, 0.3) is 0 Å². The average molecular weight is 266 g/mol. The van der Waals surface area contributed by atoms with E-state index in [1.54, 1.807) is 6.92 Å². The molecule has 1 aromatic heterocycles. The Labute approximate surface area is 113 Å². The van der Waals surface area contributed by atoms with Gasteiger partial charge in [-0.05, 0) is 24.2 Å². The summed E-state index contributed by atoms with van der Waals surface area (Å²) in [6, 6.07) is 0.325. The number of aryl methyl sites for hydroxylation is 1. The molecule has 2 rings (SSSR count). The fourth-order valence-electron chi connectivity index (χ4n) is 2.86. The minimum atomic E-state index is -0.142. The van der Waals surface area contributed by atoms with Crippen LogP contribution in [0.15, 0.2) is 4.42 Å². The van der Waals surface area contributed by atoms with Crippen LogP contribution in [0, 0.1) is 24.2 Å². The lowest BCUT2D eigenvalue weighted by molar-refractivity contribution is -0.127. The predicted molar refractivity (Wildman–Crippen MR) is 71.3 cm³/mol. The zero-order valence-electron chi connectivity index (χ0n) is 11.9. The number of hydrogen-bond acceptors (Lipinski definition) is 5. The molecule has 6 heteroatoms. The lowest BCUT2D eigenvalue weighted by Crippen LogP contribution is -2.50. The first-order valence-electron chi connectivity index (χ1n) is 6.69. The second-order valence-electron chi connectivity index (χ2n) is 6.02. The Kier molecular flexibility index (Phi) is 3.62. The summed E-state index contributed by atoms with van der Waals surface area (Å²) in [6.45, 7) is 8.00. The van der Waals surface area contributed by atoms with Gasteiger partial charge in [0.15, 0.2) is 0 Å². The molecule has 6 nitrogen and oxygen atoms in total. The molecule has 0 bridgehead atoms. The summed E-state index contributed by atoms with van der Waals surface area (Å²) in [5.74, 6) is 0.580. The normalized spacial score (nSPS) is 30.1. The van der Waals surface area contributed by atoms with Gasteiger partial charge in [-0.15, -0.1) is 5.10 Å². The third-order valence-electron chi connectivity index (χ3n) is 4.58. The van der Waals surface area contributed by atoms with Crippen molar-refractivity contribution in [3.63, 3.8) is 0 Å². The van der Waals surface area contributed by atoms with Crippen LogP contribution in [-0.4, -0.2) is 22.1 Å². The Morgan fingerprint density at radius 1 is 1.42 bits per heavy atom. The monoisotopic (exact) mass is 266 g/mol. The predicted octanol–water partition coefficient (Wildman–Crippen LogP) is 1.72. The van der Waals surface area contributed by atoms with Crippen LogP contribution in [0.2, 0.25) is 0 Å². The van der Waals surface area contributed by atoms with Crippen molar-refractivity contribution in [2.75, 3.05) is 5.32 Å². The van der Waals surface area contributed by atoms with Crippen molar-refractivity contribution >= 4 is 11.9 Å². The third kappa shape index (κ3) is 2.63. The second-order valence-corrected chi connectivity index (χ2v) is 6.02. The molecule has 0 radical (unpaired) electrons. The van der Waals surface area contributed by atoms with E-state index in [4.69, 9.17) is 10.2 Å². The van der Waals surface area contributed by atoms with Crippen LogP contribution in [0.4, 0.5) is 6.01 Å². The number of rotatable bonds is 2. The van der Waals surface area contributed by atoms with E-state index in [0.29, 0.717) is 11.8 Å². The molecule has 0 aliphatic heterocycles. The highest BCUT2D eigenvalue weighted by Crippen LogP contribution is 2.44. The molecule has 3 atom stereocenters. The molecule has 3 N–H and O–H groups in total. The molecule has 1 fully saturated rings. The number of hydrogen-bond donors (Lipinski definition) is 2. The smallest absolute Gasteiger partial charge is 0.322 e. The molecule has 1 aliphatic carbocycles. The van der Waals surface area contributed by atoms with Gasteiger partial charge in [0.05, 0.1) is 0 Å². The van der Waals surface area contributed by atoms with E-state index in [1.807, 2.05) is 0 Å². The third-order valence-corrected chi connectivity index (χ3v) is 4.58. The SMILES string of the molecule is Cc1nnc(NC(=O)C2CCC(N)C(C)C2(C)C)o1. The van der Waals surface area contributed by atoms with E-state index in [0.717, 1.165) is 12.8 Å². The van der Waals surface area contributed by atoms with Crippen LogP contribution >= 0.6 is 0 Å². The van der Waals surface area contributed by atoms with E-state index in [9.17, 15) is 4.79 Å². The maximum atomic E-state index is 12.4. The largest absolute Gasteiger partial charge is 0.408 e. The number of carbonyl (C=O) groups is 1. The van der Waals surface area contributed by atoms with Crippen molar-refractivity contribution < 1.29 is 9.21 Å². The van der Waals surface area contributed by atoms with Gasteiger partial charge < -0.3 is 10.2 Å². The Bertz CT molecular complexity index is 469. The zero-order chi connectivity index (χ0) is 14.2. The Balaban J connectivity index is 2.10. The summed E-state index contributed by atoms with van der Waals surface area (Å²) in [7, 11) is 0. The number of nitrogens with zero attached hydrogens (tertiary/aromatic N) is 2. The number of aromatic nitrogens is 2. The molecule has 1 amide bonds. The first kappa shape index (κ1) is 14.0. The van der Waals surface area contributed by atoms with Gasteiger partial charge in [0, 0.05) is 18.9 Å². The zero-order valence-corrected chi connectivity index (χ0v) is 11.9. The van der Waals surface area contributed by atoms with E-state index in [-0.39, 0.29) is 29.3 Å². The molecule has 19 heavy (non-hydrogen) atoms. The molecule has 1 aliphatic rings. The maximum Gasteiger partial charge on any atom is 0.322 e. The van der Waals surface area contributed by atoms with Crippen molar-refractivity contribution in [1.82, 2.24) is 10.2 Å². The first-order chi connectivity index (χ1) is 8.82. The lowest BCUT2D eigenvalue weighted by Gasteiger charge is -2.45. The first-order valence-corrected chi connectivity index (χ1v) is 6.69. The molecule has 1 aromatic rings. The molecular weight excluding hydrogens is 244 g/mol. The summed E-state index contributed by atoms with van der Waals surface area (Å²) < 4.78 is 5.18. The Morgan fingerprint density at radius 2 is 2.11 bits per heavy atom. The van der Waals surface area contributed by atoms with E-state index >= 15 is 0 Å². The van der Waals surface area contributed by atoms with Crippen LogP contribution in [0.3, 0.4) is 0 Å². The van der Waals surface area contributed by atoms with Crippen LogP contribution in [0.5, 0.6) is 0 Å². The summed E-state index contributed by atoms with van der Waals surface area (Å²) in [5.41, 5.74) is 5.96. The van der Waals surface area contributed by atoms with Crippen molar-refractivity contribution in [1.29, 1.82) is 0 Å². The van der Waals surface area contributed by atoms with Gasteiger partial charge in [0.25, 0.3) is 0 Å². The number of nitrogens with two attached hydrogens (primary N) is 1.